The maximum Gasteiger partial charge on any atom is 0.239 e. The number of thiazole rings is 1. The van der Waals surface area contributed by atoms with E-state index in [1.807, 2.05) is 43.3 Å². The molecule has 0 saturated carbocycles. The molecule has 6 nitrogen and oxygen atoms in total. The largest absolute Gasteiger partial charge is 0.492 e. The van der Waals surface area contributed by atoms with E-state index in [0.29, 0.717) is 25.4 Å². The van der Waals surface area contributed by atoms with Crippen LogP contribution in [-0.4, -0.2) is 36.5 Å². The van der Waals surface area contributed by atoms with Gasteiger partial charge in [-0.05, 0) is 31.2 Å². The monoisotopic (exact) mass is 393 g/mol. The number of amides is 2. The molecule has 2 atom stereocenters. The van der Waals surface area contributed by atoms with Gasteiger partial charge in [-0.3, -0.25) is 9.59 Å². The fraction of sp³-hybridized carbons (Fsp3) is 0.286. The Balaban J connectivity index is 1.42. The fourth-order valence-corrected chi connectivity index (χ4v) is 5.05. The first-order chi connectivity index (χ1) is 13.7. The summed E-state index contributed by atoms with van der Waals surface area (Å²) in [6.45, 7) is 3.56. The summed E-state index contributed by atoms with van der Waals surface area (Å²) in [5, 5.41) is 0.836. The van der Waals surface area contributed by atoms with Crippen molar-refractivity contribution in [2.75, 3.05) is 29.5 Å². The topological polar surface area (TPSA) is 62.7 Å². The van der Waals surface area contributed by atoms with Gasteiger partial charge in [-0.2, -0.15) is 0 Å². The Bertz CT molecular complexity index is 1040. The number of hydrogen-bond acceptors (Lipinski definition) is 6. The Morgan fingerprint density at radius 2 is 1.75 bits per heavy atom. The average Bonchev–Trinajstić information content (AvgIpc) is 3.38. The summed E-state index contributed by atoms with van der Waals surface area (Å²) in [5.74, 6) is -0.0823. The number of fused-ring (bicyclic) bond motifs is 2. The van der Waals surface area contributed by atoms with Gasteiger partial charge in [0.05, 0.1) is 28.8 Å². The maximum atomic E-state index is 12.9. The number of anilines is 2. The van der Waals surface area contributed by atoms with Crippen LogP contribution in [-0.2, 0) is 9.59 Å². The van der Waals surface area contributed by atoms with Crippen LogP contribution in [0.2, 0.25) is 0 Å². The number of ether oxygens (including phenoxy) is 1. The zero-order chi connectivity index (χ0) is 19.3. The van der Waals surface area contributed by atoms with Crippen LogP contribution in [0, 0.1) is 11.8 Å². The summed E-state index contributed by atoms with van der Waals surface area (Å²) in [7, 11) is 0. The molecular weight excluding hydrogens is 374 g/mol. The number of para-hydroxylation sites is 2. The summed E-state index contributed by atoms with van der Waals surface area (Å²) in [6.07, 6.45) is 0. The number of benzene rings is 2. The molecule has 0 radical (unpaired) electrons. The Morgan fingerprint density at radius 1 is 1.04 bits per heavy atom. The van der Waals surface area contributed by atoms with Gasteiger partial charge >= 0.3 is 0 Å². The standard InChI is InChI=1S/C21H19N3O3S/c1-2-27-16-9-6-10-17-18(16)22-21(28-17)23-11-14-15(12-23)20(26)24(19(14)25)13-7-4-3-5-8-13/h3-10,14-15H,2,11-12H2,1H3. The highest BCUT2D eigenvalue weighted by molar-refractivity contribution is 7.22. The SMILES string of the molecule is CCOc1cccc2sc(N3CC4C(=O)N(c5ccccc5)C(=O)C4C3)nc12. The lowest BCUT2D eigenvalue weighted by Gasteiger charge is -2.20. The molecule has 2 saturated heterocycles. The van der Waals surface area contributed by atoms with Gasteiger partial charge in [0.2, 0.25) is 11.8 Å². The molecule has 2 aliphatic rings. The summed E-state index contributed by atoms with van der Waals surface area (Å²) in [4.78, 5) is 34.0. The van der Waals surface area contributed by atoms with Crippen molar-refractivity contribution in [3.8, 4) is 5.75 Å². The first kappa shape index (κ1) is 17.2. The highest BCUT2D eigenvalue weighted by Gasteiger charge is 2.53. The van der Waals surface area contributed by atoms with Crippen molar-refractivity contribution in [3.63, 3.8) is 0 Å². The number of carbonyl (C=O) groups is 2. The first-order valence-electron chi connectivity index (χ1n) is 9.37. The number of aromatic nitrogens is 1. The lowest BCUT2D eigenvalue weighted by Crippen LogP contribution is -2.36. The number of rotatable bonds is 4. The number of imide groups is 1. The van der Waals surface area contributed by atoms with Crippen molar-refractivity contribution >= 4 is 44.2 Å². The van der Waals surface area contributed by atoms with Crippen molar-refractivity contribution in [1.29, 1.82) is 0 Å². The molecule has 2 aromatic carbocycles. The van der Waals surface area contributed by atoms with E-state index in [1.54, 1.807) is 23.5 Å². The normalized spacial score (nSPS) is 21.6. The third kappa shape index (κ3) is 2.57. The number of nitrogens with zero attached hydrogens (tertiary/aromatic N) is 3. The molecule has 5 rings (SSSR count). The molecule has 2 amide bonds. The predicted molar refractivity (Wildman–Crippen MR) is 109 cm³/mol. The highest BCUT2D eigenvalue weighted by atomic mass is 32.1. The Labute approximate surface area is 166 Å². The maximum absolute atomic E-state index is 12.9. The van der Waals surface area contributed by atoms with Crippen LogP contribution in [0.1, 0.15) is 6.92 Å². The minimum atomic E-state index is -0.314. The molecule has 3 heterocycles. The number of carbonyl (C=O) groups excluding carboxylic acids is 2. The summed E-state index contributed by atoms with van der Waals surface area (Å²) in [5.41, 5.74) is 1.49. The van der Waals surface area contributed by atoms with Crippen molar-refractivity contribution in [1.82, 2.24) is 4.98 Å². The molecule has 0 aliphatic carbocycles. The van der Waals surface area contributed by atoms with Crippen LogP contribution in [0.25, 0.3) is 10.2 Å². The predicted octanol–water partition coefficient (Wildman–Crippen LogP) is 3.32. The lowest BCUT2D eigenvalue weighted by molar-refractivity contribution is -0.122. The van der Waals surface area contributed by atoms with Gasteiger partial charge < -0.3 is 9.64 Å². The van der Waals surface area contributed by atoms with Crippen molar-refractivity contribution in [2.45, 2.75) is 6.92 Å². The van der Waals surface area contributed by atoms with E-state index < -0.39 is 0 Å². The van der Waals surface area contributed by atoms with Crippen LogP contribution in [0.3, 0.4) is 0 Å². The molecule has 2 fully saturated rings. The van der Waals surface area contributed by atoms with E-state index in [0.717, 1.165) is 21.1 Å². The molecule has 3 aromatic rings. The second-order valence-electron chi connectivity index (χ2n) is 7.00. The van der Waals surface area contributed by atoms with Crippen LogP contribution >= 0.6 is 11.3 Å². The number of hydrogen-bond donors (Lipinski definition) is 0. The van der Waals surface area contributed by atoms with Crippen molar-refractivity contribution in [2.24, 2.45) is 11.8 Å². The first-order valence-corrected chi connectivity index (χ1v) is 10.2. The van der Waals surface area contributed by atoms with Crippen LogP contribution in [0.15, 0.2) is 48.5 Å². The van der Waals surface area contributed by atoms with Crippen LogP contribution in [0.5, 0.6) is 5.75 Å². The van der Waals surface area contributed by atoms with E-state index in [4.69, 9.17) is 9.72 Å². The van der Waals surface area contributed by atoms with Crippen molar-refractivity contribution < 1.29 is 14.3 Å². The smallest absolute Gasteiger partial charge is 0.239 e. The van der Waals surface area contributed by atoms with Gasteiger partial charge in [0.1, 0.15) is 11.3 Å². The molecule has 1 aromatic heterocycles. The third-order valence-corrected chi connectivity index (χ3v) is 6.43. The molecule has 2 aliphatic heterocycles. The van der Waals surface area contributed by atoms with Gasteiger partial charge in [0.15, 0.2) is 5.13 Å². The second-order valence-corrected chi connectivity index (χ2v) is 8.01. The van der Waals surface area contributed by atoms with Gasteiger partial charge in [0.25, 0.3) is 0 Å². The minimum absolute atomic E-state index is 0.111. The highest BCUT2D eigenvalue weighted by Crippen LogP contribution is 2.41. The minimum Gasteiger partial charge on any atom is -0.492 e. The molecule has 142 valence electrons. The zero-order valence-corrected chi connectivity index (χ0v) is 16.2. The Kier molecular flexibility index (Phi) is 4.05. The van der Waals surface area contributed by atoms with E-state index >= 15 is 0 Å². The molecule has 7 heteroatoms. The second kappa shape index (κ2) is 6.60. The van der Waals surface area contributed by atoms with E-state index in [2.05, 4.69) is 4.90 Å². The summed E-state index contributed by atoms with van der Waals surface area (Å²) in [6, 6.07) is 15.1. The quantitative estimate of drug-likeness (QED) is 0.637. The molecular formula is C21H19N3O3S. The Morgan fingerprint density at radius 3 is 2.43 bits per heavy atom. The van der Waals surface area contributed by atoms with Crippen LogP contribution in [0.4, 0.5) is 10.8 Å². The van der Waals surface area contributed by atoms with Crippen LogP contribution < -0.4 is 14.5 Å². The Hall–Kier alpha value is -2.93. The average molecular weight is 393 g/mol. The van der Waals surface area contributed by atoms with E-state index in [-0.39, 0.29) is 23.7 Å². The zero-order valence-electron chi connectivity index (χ0n) is 15.4. The van der Waals surface area contributed by atoms with E-state index in [9.17, 15) is 9.59 Å². The van der Waals surface area contributed by atoms with Gasteiger partial charge in [-0.15, -0.1) is 0 Å². The van der Waals surface area contributed by atoms with Crippen molar-refractivity contribution in [3.05, 3.63) is 48.5 Å². The van der Waals surface area contributed by atoms with Gasteiger partial charge in [0, 0.05) is 13.1 Å². The van der Waals surface area contributed by atoms with Gasteiger partial charge in [-0.1, -0.05) is 35.6 Å². The third-order valence-electron chi connectivity index (χ3n) is 5.35. The molecule has 0 bridgehead atoms. The summed E-state index contributed by atoms with van der Waals surface area (Å²) < 4.78 is 6.72. The molecule has 28 heavy (non-hydrogen) atoms. The molecule has 0 N–H and O–H groups in total. The molecule has 0 spiro atoms. The van der Waals surface area contributed by atoms with E-state index in [1.165, 1.54) is 4.90 Å². The fourth-order valence-electron chi connectivity index (χ4n) is 4.05. The summed E-state index contributed by atoms with van der Waals surface area (Å²) >= 11 is 1.57. The molecule has 2 unspecified atom stereocenters. The lowest BCUT2D eigenvalue weighted by atomic mass is 10.00. The van der Waals surface area contributed by atoms with Gasteiger partial charge in [-0.25, -0.2) is 9.88 Å².